The Hall–Kier alpha value is -3.25. The van der Waals surface area contributed by atoms with Gasteiger partial charge in [0, 0.05) is 36.4 Å². The summed E-state index contributed by atoms with van der Waals surface area (Å²) in [6.45, 7) is 0.627. The highest BCUT2D eigenvalue weighted by Gasteiger charge is 2.34. The number of hydrogen-bond acceptors (Lipinski definition) is 4. The molecule has 0 unspecified atom stereocenters. The van der Waals surface area contributed by atoms with Crippen LogP contribution in [0.15, 0.2) is 78.6 Å². The van der Waals surface area contributed by atoms with Crippen molar-refractivity contribution in [1.82, 2.24) is 14.5 Å². The predicted octanol–water partition coefficient (Wildman–Crippen LogP) is 5.30. The van der Waals surface area contributed by atoms with Gasteiger partial charge in [0.1, 0.15) is 5.69 Å². The van der Waals surface area contributed by atoms with Crippen molar-refractivity contribution in [3.05, 3.63) is 101 Å². The Morgan fingerprint density at radius 1 is 1.03 bits per heavy atom. The highest BCUT2D eigenvalue weighted by atomic mass is 32.1. The predicted molar refractivity (Wildman–Crippen MR) is 119 cm³/mol. The van der Waals surface area contributed by atoms with Crippen molar-refractivity contribution in [2.24, 2.45) is 0 Å². The molecule has 30 heavy (non-hydrogen) atoms. The molecule has 3 aromatic heterocycles. The van der Waals surface area contributed by atoms with Gasteiger partial charge in [-0.05, 0) is 54.2 Å². The number of thiazole rings is 1. The van der Waals surface area contributed by atoms with Crippen LogP contribution < -0.4 is 5.32 Å². The average Bonchev–Trinajstić information content (AvgIpc) is 3.38. The van der Waals surface area contributed by atoms with Crippen molar-refractivity contribution >= 4 is 22.4 Å². The normalized spacial score (nSPS) is 18.0. The van der Waals surface area contributed by atoms with E-state index in [2.05, 4.69) is 46.0 Å². The van der Waals surface area contributed by atoms with E-state index in [1.807, 2.05) is 35.0 Å². The average molecular weight is 415 g/mol. The SMILES string of the molecule is O=C(Nc1nc([C@H]2CC[C@@H]2c2ccccc2)cs1)c1cccn1Cc1ccncc1. The van der Waals surface area contributed by atoms with E-state index in [9.17, 15) is 4.79 Å². The van der Waals surface area contributed by atoms with Gasteiger partial charge in [0.05, 0.1) is 5.69 Å². The molecule has 0 radical (unpaired) electrons. The molecule has 0 bridgehead atoms. The molecule has 1 N–H and O–H groups in total. The number of nitrogens with zero attached hydrogens (tertiary/aromatic N) is 3. The molecule has 1 fully saturated rings. The van der Waals surface area contributed by atoms with E-state index >= 15 is 0 Å². The largest absolute Gasteiger partial charge is 0.339 e. The first-order chi connectivity index (χ1) is 14.8. The molecule has 5 nitrogen and oxygen atoms in total. The maximum Gasteiger partial charge on any atom is 0.274 e. The number of nitrogens with one attached hydrogen (secondary N) is 1. The summed E-state index contributed by atoms with van der Waals surface area (Å²) in [6.07, 6.45) is 7.78. The lowest BCUT2D eigenvalue weighted by Gasteiger charge is -2.36. The number of benzene rings is 1. The number of carbonyl (C=O) groups excluding carboxylic acids is 1. The molecule has 1 aliphatic carbocycles. The second-order valence-electron chi connectivity index (χ2n) is 7.61. The van der Waals surface area contributed by atoms with Gasteiger partial charge in [0.25, 0.3) is 5.91 Å². The lowest BCUT2D eigenvalue weighted by atomic mass is 9.69. The minimum atomic E-state index is -0.136. The van der Waals surface area contributed by atoms with E-state index < -0.39 is 0 Å². The molecule has 1 amide bonds. The van der Waals surface area contributed by atoms with Crippen LogP contribution in [0.5, 0.6) is 0 Å². The van der Waals surface area contributed by atoms with E-state index in [1.54, 1.807) is 12.4 Å². The second-order valence-corrected chi connectivity index (χ2v) is 8.47. The molecule has 1 aliphatic rings. The molecular formula is C24H22N4OS. The van der Waals surface area contributed by atoms with E-state index in [1.165, 1.54) is 23.3 Å². The lowest BCUT2D eigenvalue weighted by Crippen LogP contribution is -2.22. The van der Waals surface area contributed by atoms with Gasteiger partial charge in [-0.1, -0.05) is 30.3 Å². The van der Waals surface area contributed by atoms with Gasteiger partial charge < -0.3 is 4.57 Å². The van der Waals surface area contributed by atoms with E-state index in [-0.39, 0.29) is 5.91 Å². The Labute approximate surface area is 179 Å². The topological polar surface area (TPSA) is 59.8 Å². The third kappa shape index (κ3) is 3.78. The quantitative estimate of drug-likeness (QED) is 0.466. The van der Waals surface area contributed by atoms with Crippen LogP contribution in [-0.4, -0.2) is 20.4 Å². The van der Waals surface area contributed by atoms with E-state index in [0.717, 1.165) is 17.7 Å². The third-order valence-electron chi connectivity index (χ3n) is 5.79. The highest BCUT2D eigenvalue weighted by Crippen LogP contribution is 2.49. The van der Waals surface area contributed by atoms with Crippen molar-refractivity contribution in [3.8, 4) is 0 Å². The summed E-state index contributed by atoms with van der Waals surface area (Å²) in [6, 6.07) is 18.3. The maximum absolute atomic E-state index is 12.9. The number of carbonyl (C=O) groups is 1. The Kier molecular flexibility index (Phi) is 5.15. The Morgan fingerprint density at radius 3 is 2.60 bits per heavy atom. The number of anilines is 1. The van der Waals surface area contributed by atoms with Crippen molar-refractivity contribution in [3.63, 3.8) is 0 Å². The molecule has 6 heteroatoms. The molecule has 5 rings (SSSR count). The molecule has 1 saturated carbocycles. The van der Waals surface area contributed by atoms with Crippen LogP contribution in [0.25, 0.3) is 0 Å². The molecule has 0 aliphatic heterocycles. The first kappa shape index (κ1) is 18.8. The lowest BCUT2D eigenvalue weighted by molar-refractivity contribution is 0.101. The zero-order chi connectivity index (χ0) is 20.3. The molecule has 150 valence electrons. The fourth-order valence-electron chi connectivity index (χ4n) is 4.07. The number of pyridine rings is 1. The first-order valence-corrected chi connectivity index (χ1v) is 11.0. The Bertz CT molecular complexity index is 1140. The summed E-state index contributed by atoms with van der Waals surface area (Å²) in [5, 5.41) is 5.73. The van der Waals surface area contributed by atoms with Crippen molar-refractivity contribution < 1.29 is 4.79 Å². The van der Waals surface area contributed by atoms with Gasteiger partial charge in [-0.3, -0.25) is 15.1 Å². The van der Waals surface area contributed by atoms with Crippen LogP contribution in [0.1, 0.15) is 52.0 Å². The molecule has 4 aromatic rings. The molecule has 0 saturated heterocycles. The summed E-state index contributed by atoms with van der Waals surface area (Å²) < 4.78 is 1.94. The minimum Gasteiger partial charge on any atom is -0.339 e. The Balaban J connectivity index is 1.27. The van der Waals surface area contributed by atoms with Crippen LogP contribution in [-0.2, 0) is 6.54 Å². The smallest absolute Gasteiger partial charge is 0.274 e. The van der Waals surface area contributed by atoms with Crippen molar-refractivity contribution in [1.29, 1.82) is 0 Å². The third-order valence-corrected chi connectivity index (χ3v) is 6.56. The van der Waals surface area contributed by atoms with Gasteiger partial charge in [0.15, 0.2) is 5.13 Å². The van der Waals surface area contributed by atoms with Crippen LogP contribution >= 0.6 is 11.3 Å². The summed E-state index contributed by atoms with van der Waals surface area (Å²) in [5.41, 5.74) is 4.18. The summed E-state index contributed by atoms with van der Waals surface area (Å²) in [7, 11) is 0. The zero-order valence-corrected chi connectivity index (χ0v) is 17.3. The van der Waals surface area contributed by atoms with Gasteiger partial charge in [-0.25, -0.2) is 4.98 Å². The van der Waals surface area contributed by atoms with Crippen LogP contribution in [0.2, 0.25) is 0 Å². The first-order valence-electron chi connectivity index (χ1n) is 10.1. The standard InChI is InChI=1S/C24H22N4OS/c29-23(22-7-4-14-28(22)15-17-10-12-25-13-11-17)27-24-26-21(16-30-24)20-9-8-19(20)18-5-2-1-3-6-18/h1-7,10-14,16,19-20H,8-9,15H2,(H,26,27,29)/t19-,20+/m1/s1. The molecular weight excluding hydrogens is 392 g/mol. The van der Waals surface area contributed by atoms with E-state index in [0.29, 0.717) is 29.2 Å². The number of hydrogen-bond donors (Lipinski definition) is 1. The second kappa shape index (κ2) is 8.24. The molecule has 0 spiro atoms. The number of aromatic nitrogens is 3. The zero-order valence-electron chi connectivity index (χ0n) is 16.4. The van der Waals surface area contributed by atoms with Gasteiger partial charge in [-0.2, -0.15) is 0 Å². The fraction of sp³-hybridized carbons (Fsp3) is 0.208. The monoisotopic (exact) mass is 414 g/mol. The van der Waals surface area contributed by atoms with Gasteiger partial charge in [-0.15, -0.1) is 11.3 Å². The van der Waals surface area contributed by atoms with Gasteiger partial charge >= 0.3 is 0 Å². The van der Waals surface area contributed by atoms with Gasteiger partial charge in [0.2, 0.25) is 0 Å². The van der Waals surface area contributed by atoms with Crippen LogP contribution in [0.3, 0.4) is 0 Å². The summed E-state index contributed by atoms with van der Waals surface area (Å²) in [5.74, 6) is 0.822. The fourth-order valence-corrected chi connectivity index (χ4v) is 4.84. The number of amides is 1. The summed E-state index contributed by atoms with van der Waals surface area (Å²) in [4.78, 5) is 21.6. The minimum absolute atomic E-state index is 0.136. The Morgan fingerprint density at radius 2 is 1.83 bits per heavy atom. The number of rotatable bonds is 6. The van der Waals surface area contributed by atoms with E-state index in [4.69, 9.17) is 4.98 Å². The van der Waals surface area contributed by atoms with Crippen molar-refractivity contribution in [2.75, 3.05) is 5.32 Å². The molecule has 1 aromatic carbocycles. The van der Waals surface area contributed by atoms with Crippen LogP contribution in [0.4, 0.5) is 5.13 Å². The maximum atomic E-state index is 12.9. The molecule has 2 atom stereocenters. The highest BCUT2D eigenvalue weighted by molar-refractivity contribution is 7.14. The van der Waals surface area contributed by atoms with Crippen LogP contribution in [0, 0.1) is 0 Å². The van der Waals surface area contributed by atoms with Crippen molar-refractivity contribution in [2.45, 2.75) is 31.2 Å². The molecule has 3 heterocycles. The summed E-state index contributed by atoms with van der Waals surface area (Å²) >= 11 is 1.50.